The lowest BCUT2D eigenvalue weighted by Gasteiger charge is -2.40. The third kappa shape index (κ3) is 3.72. The van der Waals surface area contributed by atoms with Crippen molar-refractivity contribution in [1.29, 1.82) is 0 Å². The highest BCUT2D eigenvalue weighted by atomic mass is 32.1. The van der Waals surface area contributed by atoms with Gasteiger partial charge in [0.25, 0.3) is 5.19 Å². The fraction of sp³-hybridized carbons (Fsp3) is 0.333. The van der Waals surface area contributed by atoms with Gasteiger partial charge in [-0.1, -0.05) is 11.3 Å². The molecule has 1 atom stereocenters. The number of ether oxygens (including phenoxy) is 2. The average molecular weight is 460 g/mol. The maximum Gasteiger partial charge on any atom is 0.341 e. The number of rotatable bonds is 4. The Hall–Kier alpha value is -3.34. The lowest BCUT2D eigenvalue weighted by molar-refractivity contribution is -0.136. The summed E-state index contributed by atoms with van der Waals surface area (Å²) >= 11 is 1.34. The molecule has 32 heavy (non-hydrogen) atoms. The third-order valence-electron chi connectivity index (χ3n) is 5.50. The number of likely N-dealkylation sites (tertiary alicyclic amines) is 1. The molecule has 2 aliphatic heterocycles. The molecule has 5 rings (SSSR count). The number of amides is 2. The number of methoxy groups -OCH3 is 1. The number of fused-ring (bicyclic) bond motifs is 1. The maximum atomic E-state index is 13.6. The summed E-state index contributed by atoms with van der Waals surface area (Å²) in [4.78, 5) is 31.3. The van der Waals surface area contributed by atoms with Crippen molar-refractivity contribution in [2.24, 2.45) is 5.10 Å². The first-order chi connectivity index (χ1) is 15.4. The van der Waals surface area contributed by atoms with Crippen LogP contribution in [0.5, 0.6) is 5.19 Å². The smallest absolute Gasteiger partial charge is 0.341 e. The van der Waals surface area contributed by atoms with Gasteiger partial charge < -0.3 is 14.4 Å². The fourth-order valence-corrected chi connectivity index (χ4v) is 4.85. The van der Waals surface area contributed by atoms with Gasteiger partial charge in [0, 0.05) is 30.7 Å². The van der Waals surface area contributed by atoms with Crippen molar-refractivity contribution in [1.82, 2.24) is 14.9 Å². The predicted molar refractivity (Wildman–Crippen MR) is 111 cm³/mol. The van der Waals surface area contributed by atoms with E-state index in [1.807, 2.05) is 0 Å². The summed E-state index contributed by atoms with van der Waals surface area (Å²) in [5, 5.41) is 5.84. The minimum atomic E-state index is -0.694. The second-order valence-corrected chi connectivity index (χ2v) is 8.65. The Kier molecular flexibility index (Phi) is 5.12. The number of benzene rings is 1. The quantitative estimate of drug-likeness (QED) is 0.655. The summed E-state index contributed by atoms with van der Waals surface area (Å²) in [7, 11) is 1.34. The van der Waals surface area contributed by atoms with Crippen LogP contribution in [0.25, 0.3) is 6.08 Å². The molecule has 11 heteroatoms. The molecule has 8 nitrogen and oxygen atoms in total. The van der Waals surface area contributed by atoms with Gasteiger partial charge in [0.15, 0.2) is 0 Å². The molecule has 2 aromatic rings. The molecule has 3 aliphatic rings. The van der Waals surface area contributed by atoms with Gasteiger partial charge in [0.2, 0.25) is 0 Å². The normalized spacial score (nSPS) is 19.6. The van der Waals surface area contributed by atoms with E-state index in [1.54, 1.807) is 17.2 Å². The van der Waals surface area contributed by atoms with E-state index in [4.69, 9.17) is 9.47 Å². The Morgan fingerprint density at radius 2 is 1.94 bits per heavy atom. The van der Waals surface area contributed by atoms with Crippen molar-refractivity contribution in [3.05, 3.63) is 51.5 Å². The minimum absolute atomic E-state index is 0.217. The Balaban J connectivity index is 1.18. The van der Waals surface area contributed by atoms with Crippen LogP contribution in [0.1, 0.15) is 28.6 Å². The Morgan fingerprint density at radius 1 is 1.19 bits per heavy atom. The Labute approximate surface area is 185 Å². The highest BCUT2D eigenvalue weighted by molar-refractivity contribution is 7.14. The number of carbonyl (C=O) groups is 2. The molecular formula is C21H18F2N4O4S. The number of nitrogens with zero attached hydrogens (tertiary/aromatic N) is 4. The summed E-state index contributed by atoms with van der Waals surface area (Å²) in [6.07, 6.45) is 3.89. The lowest BCUT2D eigenvalue weighted by Crippen LogP contribution is -2.58. The molecule has 0 unspecified atom stereocenters. The molecule has 1 fully saturated rings. The topological polar surface area (TPSA) is 84.3 Å². The van der Waals surface area contributed by atoms with Crippen LogP contribution in [0.4, 0.5) is 13.6 Å². The van der Waals surface area contributed by atoms with Crippen molar-refractivity contribution in [2.45, 2.75) is 25.0 Å². The first-order valence-electron chi connectivity index (χ1n) is 9.93. The van der Waals surface area contributed by atoms with Gasteiger partial charge in [0.1, 0.15) is 17.7 Å². The van der Waals surface area contributed by atoms with Gasteiger partial charge in [-0.2, -0.15) is 5.10 Å². The largest absolute Gasteiger partial charge is 0.466 e. The molecule has 1 saturated heterocycles. The molecule has 0 bridgehead atoms. The van der Waals surface area contributed by atoms with E-state index in [0.717, 1.165) is 16.6 Å². The summed E-state index contributed by atoms with van der Waals surface area (Å²) in [6.45, 7) is 0.700. The summed E-state index contributed by atoms with van der Waals surface area (Å²) in [6, 6.07) is 2.33. The zero-order valence-electron chi connectivity index (χ0n) is 17.0. The Bertz CT molecular complexity index is 1140. The number of hydrogen-bond acceptors (Lipinski definition) is 7. The van der Waals surface area contributed by atoms with Crippen LogP contribution in [-0.2, 0) is 16.0 Å². The van der Waals surface area contributed by atoms with Gasteiger partial charge in [-0.25, -0.2) is 28.4 Å². The first kappa shape index (κ1) is 20.6. The molecule has 1 aliphatic carbocycles. The summed E-state index contributed by atoms with van der Waals surface area (Å²) < 4.78 is 37.8. The van der Waals surface area contributed by atoms with E-state index < -0.39 is 17.7 Å². The van der Waals surface area contributed by atoms with Gasteiger partial charge in [-0.05, 0) is 23.8 Å². The average Bonchev–Trinajstić information content (AvgIpc) is 3.43. The van der Waals surface area contributed by atoms with Crippen molar-refractivity contribution in [3.63, 3.8) is 0 Å². The van der Waals surface area contributed by atoms with Crippen LogP contribution < -0.4 is 4.74 Å². The number of esters is 1. The molecule has 166 valence electrons. The second kappa shape index (κ2) is 7.97. The standard InChI is InChI=1S/C21H18F2N4O4S/c1-30-19(28)12-6-16-18(7-12)32-20(25-16)31-15-9-26(10-15)21(29)27-17(2-3-24-27)11-4-13(22)8-14(23)5-11/h3-5,7-8,15,17H,2,6,9-10H2,1H3/t17-/m0/s1. The van der Waals surface area contributed by atoms with Gasteiger partial charge >= 0.3 is 12.0 Å². The number of hydrogen-bond donors (Lipinski definition) is 0. The van der Waals surface area contributed by atoms with Crippen LogP contribution in [0.2, 0.25) is 0 Å². The van der Waals surface area contributed by atoms with Crippen LogP contribution in [-0.4, -0.2) is 59.4 Å². The summed E-state index contributed by atoms with van der Waals surface area (Å²) in [5.74, 6) is -1.75. The van der Waals surface area contributed by atoms with Crippen LogP contribution >= 0.6 is 11.3 Å². The molecule has 3 heterocycles. The zero-order chi connectivity index (χ0) is 22.4. The Morgan fingerprint density at radius 3 is 2.62 bits per heavy atom. The lowest BCUT2D eigenvalue weighted by atomic mass is 10.0. The second-order valence-electron chi connectivity index (χ2n) is 7.65. The highest BCUT2D eigenvalue weighted by Gasteiger charge is 2.39. The van der Waals surface area contributed by atoms with E-state index in [-0.39, 0.29) is 18.1 Å². The number of aromatic nitrogens is 1. The van der Waals surface area contributed by atoms with Gasteiger partial charge in [-0.3, -0.25) is 0 Å². The first-order valence-corrected chi connectivity index (χ1v) is 10.7. The highest BCUT2D eigenvalue weighted by Crippen LogP contribution is 2.36. The molecular weight excluding hydrogens is 442 g/mol. The molecule has 2 amide bonds. The van der Waals surface area contributed by atoms with E-state index in [0.29, 0.717) is 42.3 Å². The monoisotopic (exact) mass is 460 g/mol. The van der Waals surface area contributed by atoms with Crippen molar-refractivity contribution in [2.75, 3.05) is 20.2 Å². The van der Waals surface area contributed by atoms with Gasteiger partial charge in [0.05, 0.1) is 36.8 Å². The molecule has 0 spiro atoms. The molecule has 1 aromatic heterocycles. The van der Waals surface area contributed by atoms with Crippen LogP contribution in [0.15, 0.2) is 28.9 Å². The number of thiazole rings is 1. The molecule has 0 saturated carbocycles. The van der Waals surface area contributed by atoms with E-state index >= 15 is 0 Å². The number of hydrazone groups is 1. The van der Waals surface area contributed by atoms with E-state index in [1.165, 1.54) is 35.6 Å². The predicted octanol–water partition coefficient (Wildman–Crippen LogP) is 3.15. The van der Waals surface area contributed by atoms with Crippen molar-refractivity contribution >= 4 is 35.6 Å². The molecule has 0 N–H and O–H groups in total. The van der Waals surface area contributed by atoms with E-state index in [9.17, 15) is 18.4 Å². The van der Waals surface area contributed by atoms with Gasteiger partial charge in [-0.15, -0.1) is 0 Å². The van der Waals surface area contributed by atoms with Crippen molar-refractivity contribution < 1.29 is 27.8 Å². The third-order valence-corrected chi connectivity index (χ3v) is 6.44. The van der Waals surface area contributed by atoms with Crippen molar-refractivity contribution in [3.8, 4) is 5.19 Å². The molecule has 1 aromatic carbocycles. The van der Waals surface area contributed by atoms with Crippen LogP contribution in [0.3, 0.4) is 0 Å². The molecule has 0 radical (unpaired) electrons. The fourth-order valence-electron chi connectivity index (χ4n) is 3.88. The minimum Gasteiger partial charge on any atom is -0.466 e. The van der Waals surface area contributed by atoms with Crippen LogP contribution in [0, 0.1) is 11.6 Å². The SMILES string of the molecule is COC(=O)C1=Cc2sc(OC3CN(C(=O)N4N=CC[C@H]4c4cc(F)cc(F)c4)C3)nc2C1. The van der Waals surface area contributed by atoms with E-state index in [2.05, 4.69) is 10.1 Å². The summed E-state index contributed by atoms with van der Waals surface area (Å²) in [5.41, 5.74) is 1.69. The number of carbonyl (C=O) groups excluding carboxylic acids is 2. The zero-order valence-corrected chi connectivity index (χ0v) is 17.8. The number of urea groups is 1. The number of halogens is 2. The maximum absolute atomic E-state index is 13.6.